The van der Waals surface area contributed by atoms with E-state index in [-0.39, 0.29) is 22.0 Å². The van der Waals surface area contributed by atoms with Gasteiger partial charge < -0.3 is 5.11 Å². The molecule has 0 fully saturated rings. The zero-order valence-corrected chi connectivity index (χ0v) is 35.0. The van der Waals surface area contributed by atoms with Crippen molar-refractivity contribution in [3.05, 3.63) is 156 Å². The van der Waals surface area contributed by atoms with E-state index in [9.17, 15) is 5.11 Å². The second kappa shape index (κ2) is 13.9. The van der Waals surface area contributed by atoms with Crippen molar-refractivity contribution in [2.45, 2.75) is 85.5 Å². The van der Waals surface area contributed by atoms with Crippen LogP contribution in [-0.2, 0) is 16.2 Å². The van der Waals surface area contributed by atoms with Gasteiger partial charge >= 0.3 is 0 Å². The lowest BCUT2D eigenvalue weighted by molar-refractivity contribution is 0.477. The number of aromatic nitrogens is 3. The van der Waals surface area contributed by atoms with E-state index >= 15 is 0 Å². The number of hydrogen-bond donors (Lipinski definition) is 1. The van der Waals surface area contributed by atoms with Gasteiger partial charge in [-0.3, -0.25) is 9.55 Å². The predicted octanol–water partition coefficient (Wildman–Crippen LogP) is 14.1. The Bertz CT molecular complexity index is 2780. The van der Waals surface area contributed by atoms with Gasteiger partial charge in [0, 0.05) is 28.4 Å². The first kappa shape index (κ1) is 37.9. The molecule has 0 unspecified atom stereocenters. The van der Waals surface area contributed by atoms with Crippen molar-refractivity contribution in [3.8, 4) is 56.2 Å². The van der Waals surface area contributed by atoms with Crippen LogP contribution in [-0.4, -0.2) is 19.6 Å². The molecule has 0 aliphatic rings. The number of nitrogens with zero attached hydrogens (tertiary/aromatic N) is 3. The van der Waals surface area contributed by atoms with E-state index in [2.05, 4.69) is 177 Å². The minimum atomic E-state index is -0.0582. The molecule has 4 nitrogen and oxygen atoms in total. The normalized spacial score (nSPS) is 12.5. The molecule has 0 bridgehead atoms. The van der Waals surface area contributed by atoms with Gasteiger partial charge in [-0.05, 0) is 134 Å². The predicted molar refractivity (Wildman–Crippen MR) is 241 cm³/mol. The molecular formula is C53H53N3O. The third-order valence-corrected chi connectivity index (χ3v) is 11.4. The molecule has 0 amide bonds. The Kier molecular flexibility index (Phi) is 9.23. The number of fused-ring (bicyclic) bond motifs is 2. The molecule has 6 aromatic carbocycles. The molecule has 0 saturated carbocycles. The molecule has 2 heterocycles. The second-order valence-corrected chi connectivity index (χ2v) is 18.7. The van der Waals surface area contributed by atoms with Crippen LogP contribution in [0.4, 0.5) is 0 Å². The number of pyridine rings is 1. The van der Waals surface area contributed by atoms with Gasteiger partial charge in [-0.2, -0.15) is 0 Å². The molecule has 286 valence electrons. The van der Waals surface area contributed by atoms with E-state index in [1.54, 1.807) is 6.07 Å². The summed E-state index contributed by atoms with van der Waals surface area (Å²) in [5.41, 5.74) is 16.1. The van der Waals surface area contributed by atoms with Crippen molar-refractivity contribution in [1.29, 1.82) is 0 Å². The molecular weight excluding hydrogens is 695 g/mol. The third-order valence-electron chi connectivity index (χ3n) is 11.4. The molecule has 0 radical (unpaired) electrons. The van der Waals surface area contributed by atoms with Gasteiger partial charge in [0.2, 0.25) is 0 Å². The zero-order chi connectivity index (χ0) is 40.4. The Labute approximate surface area is 337 Å². The van der Waals surface area contributed by atoms with E-state index in [1.165, 1.54) is 27.6 Å². The summed E-state index contributed by atoms with van der Waals surface area (Å²) >= 11 is 0. The number of para-hydroxylation sites is 2. The highest BCUT2D eigenvalue weighted by Gasteiger charge is 2.23. The number of phenolic OH excluding ortho intramolecular Hbond substituents is 1. The molecule has 0 saturated heterocycles. The van der Waals surface area contributed by atoms with Crippen LogP contribution < -0.4 is 0 Å². The lowest BCUT2D eigenvalue weighted by Crippen LogP contribution is -2.11. The molecule has 2 aromatic heterocycles. The fourth-order valence-electron chi connectivity index (χ4n) is 7.86. The number of benzene rings is 6. The van der Waals surface area contributed by atoms with Gasteiger partial charge in [0.1, 0.15) is 11.6 Å². The van der Waals surface area contributed by atoms with Crippen molar-refractivity contribution in [2.24, 2.45) is 0 Å². The summed E-state index contributed by atoms with van der Waals surface area (Å²) in [5, 5.41) is 12.4. The number of hydrogen-bond acceptors (Lipinski definition) is 3. The lowest BCUT2D eigenvalue weighted by atomic mass is 9.82. The van der Waals surface area contributed by atoms with Crippen molar-refractivity contribution >= 4 is 21.9 Å². The fraction of sp³-hybridized carbons (Fsp3) is 0.245. The summed E-state index contributed by atoms with van der Waals surface area (Å²) in [7, 11) is 0. The first-order valence-corrected chi connectivity index (χ1v) is 20.0. The van der Waals surface area contributed by atoms with E-state index in [0.717, 1.165) is 55.6 Å². The van der Waals surface area contributed by atoms with E-state index in [4.69, 9.17) is 9.97 Å². The molecule has 57 heavy (non-hydrogen) atoms. The lowest BCUT2D eigenvalue weighted by Gasteiger charge is -2.22. The Hall–Kier alpha value is -6.00. The topological polar surface area (TPSA) is 50.9 Å². The van der Waals surface area contributed by atoms with Crippen molar-refractivity contribution in [3.63, 3.8) is 0 Å². The Balaban J connectivity index is 1.42. The minimum absolute atomic E-state index is 0.0188. The zero-order valence-electron chi connectivity index (χ0n) is 35.0. The quantitative estimate of drug-likeness (QED) is 0.191. The number of phenols is 1. The summed E-state index contributed by atoms with van der Waals surface area (Å²) in [6.07, 6.45) is 1.93. The van der Waals surface area contributed by atoms with Crippen LogP contribution >= 0.6 is 0 Å². The van der Waals surface area contributed by atoms with Gasteiger partial charge in [0.15, 0.2) is 0 Å². The highest BCUT2D eigenvalue weighted by molar-refractivity contribution is 6.01. The second-order valence-electron chi connectivity index (χ2n) is 18.7. The molecule has 0 atom stereocenters. The molecule has 0 aliphatic carbocycles. The fourth-order valence-corrected chi connectivity index (χ4v) is 7.86. The smallest absolute Gasteiger partial charge is 0.149 e. The van der Waals surface area contributed by atoms with E-state index in [1.807, 2.05) is 24.4 Å². The Morgan fingerprint density at radius 2 is 1.07 bits per heavy atom. The van der Waals surface area contributed by atoms with Crippen LogP contribution in [0.25, 0.3) is 72.4 Å². The maximum atomic E-state index is 11.2. The first-order chi connectivity index (χ1) is 27.0. The first-order valence-electron chi connectivity index (χ1n) is 20.0. The summed E-state index contributed by atoms with van der Waals surface area (Å²) in [6.45, 7) is 22.5. The van der Waals surface area contributed by atoms with Crippen LogP contribution in [0.3, 0.4) is 0 Å². The van der Waals surface area contributed by atoms with Crippen LogP contribution in [0.2, 0.25) is 0 Å². The molecule has 0 spiro atoms. The van der Waals surface area contributed by atoms with Crippen molar-refractivity contribution in [1.82, 2.24) is 14.5 Å². The molecule has 8 rings (SSSR count). The average molecular weight is 748 g/mol. The van der Waals surface area contributed by atoms with Crippen LogP contribution in [0.1, 0.15) is 84.6 Å². The van der Waals surface area contributed by atoms with Crippen LogP contribution in [0.5, 0.6) is 5.75 Å². The Morgan fingerprint density at radius 1 is 0.491 bits per heavy atom. The number of imidazole rings is 1. The van der Waals surface area contributed by atoms with Gasteiger partial charge in [-0.25, -0.2) is 4.98 Å². The Morgan fingerprint density at radius 3 is 1.70 bits per heavy atom. The summed E-state index contributed by atoms with van der Waals surface area (Å²) in [4.78, 5) is 10.4. The van der Waals surface area contributed by atoms with Crippen molar-refractivity contribution < 1.29 is 5.11 Å². The summed E-state index contributed by atoms with van der Waals surface area (Å²) in [6, 6.07) is 45.4. The van der Waals surface area contributed by atoms with E-state index < -0.39 is 0 Å². The number of aryl methyl sites for hydroxylation is 1. The highest BCUT2D eigenvalue weighted by atomic mass is 16.3. The maximum absolute atomic E-state index is 11.2. The van der Waals surface area contributed by atoms with Gasteiger partial charge in [0.05, 0.1) is 22.1 Å². The highest BCUT2D eigenvalue weighted by Crippen LogP contribution is 2.42. The summed E-state index contributed by atoms with van der Waals surface area (Å²) < 4.78 is 2.18. The van der Waals surface area contributed by atoms with Crippen molar-refractivity contribution in [2.75, 3.05) is 0 Å². The van der Waals surface area contributed by atoms with Gasteiger partial charge in [0.25, 0.3) is 0 Å². The average Bonchev–Trinajstić information content (AvgIpc) is 3.56. The minimum Gasteiger partial charge on any atom is -0.507 e. The molecule has 4 heteroatoms. The van der Waals surface area contributed by atoms with E-state index in [0.29, 0.717) is 11.4 Å². The monoisotopic (exact) mass is 747 g/mol. The third kappa shape index (κ3) is 7.14. The molecule has 8 aromatic rings. The van der Waals surface area contributed by atoms with Crippen LogP contribution in [0, 0.1) is 6.92 Å². The molecule has 1 N–H and O–H groups in total. The summed E-state index contributed by atoms with van der Waals surface area (Å²) in [5.74, 6) is 0.884. The van der Waals surface area contributed by atoms with Gasteiger partial charge in [-0.1, -0.05) is 123 Å². The largest absolute Gasteiger partial charge is 0.507 e. The SMILES string of the molecule is Cc1ccnc2c(-c3cc(-c4ccc(C(C)(C)C)cc4)cc(-c4cccc5c4nc(-c4ccccc4O)n5-c4ccc(C(C)(C)C)cc4)c3)cc(C(C)(C)C)cc12. The number of rotatable bonds is 5. The standard InChI is InChI=1S/C53H53N3O/c1-33-26-27-54-48-44(33)31-40(53(8,9)10)32-45(48)37-29-35(34-18-20-38(21-19-34)51(2,3)4)28-36(30-37)42-15-13-16-46-49(42)55-50(43-14-11-12-17-47(43)57)56(46)41-24-22-39(23-25-41)52(5,6)7/h11-32,57H,1-10H3. The maximum Gasteiger partial charge on any atom is 0.149 e. The number of aromatic hydroxyl groups is 1. The van der Waals surface area contributed by atoms with Gasteiger partial charge in [-0.15, -0.1) is 0 Å². The van der Waals surface area contributed by atoms with Crippen LogP contribution in [0.15, 0.2) is 134 Å². The molecule has 0 aliphatic heterocycles.